The maximum atomic E-state index is 12.5. The van der Waals surface area contributed by atoms with E-state index in [1.807, 2.05) is 18.2 Å². The fourth-order valence-corrected chi connectivity index (χ4v) is 2.63. The van der Waals surface area contributed by atoms with Crippen LogP contribution in [0.3, 0.4) is 0 Å². The second-order valence-corrected chi connectivity index (χ2v) is 5.53. The number of alkyl halides is 3. The number of anilines is 1. The molecule has 0 atom stereocenters. The molecule has 1 saturated heterocycles. The van der Waals surface area contributed by atoms with Gasteiger partial charge in [0.2, 0.25) is 0 Å². The molecule has 1 aliphatic heterocycles. The molecule has 1 fully saturated rings. The van der Waals surface area contributed by atoms with E-state index < -0.39 is 12.1 Å². The fourth-order valence-electron chi connectivity index (χ4n) is 2.44. The first-order chi connectivity index (χ1) is 9.45. The van der Waals surface area contributed by atoms with Gasteiger partial charge in [-0.15, -0.1) is 0 Å². The molecule has 1 aromatic rings. The van der Waals surface area contributed by atoms with Crippen LogP contribution in [0.15, 0.2) is 24.3 Å². The second kappa shape index (κ2) is 6.68. The summed E-state index contributed by atoms with van der Waals surface area (Å²) >= 11 is 5.87. The third-order valence-electron chi connectivity index (χ3n) is 3.63. The Kier molecular flexibility index (Phi) is 5.16. The summed E-state index contributed by atoms with van der Waals surface area (Å²) in [4.78, 5) is 2.07. The first-order valence-corrected chi connectivity index (χ1v) is 7.11. The molecule has 2 nitrogen and oxygen atoms in total. The smallest absolute Gasteiger partial charge is 0.384 e. The van der Waals surface area contributed by atoms with Gasteiger partial charge < -0.3 is 10.2 Å². The van der Waals surface area contributed by atoms with Crippen LogP contribution < -0.4 is 5.32 Å². The van der Waals surface area contributed by atoms with E-state index >= 15 is 0 Å². The molecule has 1 heterocycles. The maximum absolute atomic E-state index is 12.5. The number of benzene rings is 1. The molecule has 0 bridgehead atoms. The highest BCUT2D eigenvalue weighted by atomic mass is 35.5. The summed E-state index contributed by atoms with van der Waals surface area (Å²) in [6.45, 7) is 2.48. The Hall–Kier alpha value is -0.940. The Bertz CT molecular complexity index is 429. The lowest BCUT2D eigenvalue weighted by atomic mass is 9.96. The molecule has 112 valence electrons. The lowest BCUT2D eigenvalue weighted by Crippen LogP contribution is -2.40. The Morgan fingerprint density at radius 3 is 2.55 bits per heavy atom. The highest BCUT2D eigenvalue weighted by Crippen LogP contribution is 2.33. The van der Waals surface area contributed by atoms with E-state index in [1.165, 1.54) is 0 Å². The van der Waals surface area contributed by atoms with Crippen LogP contribution in [0.2, 0.25) is 5.02 Å². The van der Waals surface area contributed by atoms with Gasteiger partial charge in [0.25, 0.3) is 0 Å². The van der Waals surface area contributed by atoms with Crippen molar-refractivity contribution >= 4 is 17.3 Å². The molecule has 1 aliphatic rings. The van der Waals surface area contributed by atoms with Gasteiger partial charge in [-0.1, -0.05) is 17.7 Å². The molecule has 20 heavy (non-hydrogen) atoms. The summed E-state index contributed by atoms with van der Waals surface area (Å²) in [6, 6.07) is 7.41. The predicted molar refractivity (Wildman–Crippen MR) is 75.2 cm³/mol. The van der Waals surface area contributed by atoms with Crippen LogP contribution in [0.25, 0.3) is 0 Å². The average molecular weight is 307 g/mol. The van der Waals surface area contributed by atoms with E-state index in [4.69, 9.17) is 11.6 Å². The lowest BCUT2D eigenvalue weighted by Gasteiger charge is -2.32. The standard InChI is InChI=1S/C14H18ClF3N2/c15-12-2-1-3-13(10-12)19-6-9-20-7-4-11(5-8-20)14(16,17)18/h1-3,10-11,19H,4-9H2. The minimum atomic E-state index is -4.04. The van der Waals surface area contributed by atoms with Crippen LogP contribution in [0, 0.1) is 5.92 Å². The zero-order valence-corrected chi connectivity index (χ0v) is 11.8. The molecule has 1 aromatic carbocycles. The molecule has 0 saturated carbocycles. The van der Waals surface area contributed by atoms with E-state index in [0.29, 0.717) is 24.7 Å². The van der Waals surface area contributed by atoms with Crippen molar-refractivity contribution in [1.29, 1.82) is 0 Å². The number of nitrogens with zero attached hydrogens (tertiary/aromatic N) is 1. The second-order valence-electron chi connectivity index (χ2n) is 5.09. The van der Waals surface area contributed by atoms with Crippen molar-refractivity contribution in [1.82, 2.24) is 4.90 Å². The van der Waals surface area contributed by atoms with Gasteiger partial charge in [0, 0.05) is 23.8 Å². The van der Waals surface area contributed by atoms with Gasteiger partial charge >= 0.3 is 6.18 Å². The van der Waals surface area contributed by atoms with Crippen molar-refractivity contribution < 1.29 is 13.2 Å². The van der Waals surface area contributed by atoms with Crippen molar-refractivity contribution in [3.63, 3.8) is 0 Å². The Morgan fingerprint density at radius 2 is 1.95 bits per heavy atom. The minimum absolute atomic E-state index is 0.209. The number of hydrogen-bond donors (Lipinski definition) is 1. The zero-order valence-electron chi connectivity index (χ0n) is 11.1. The third kappa shape index (κ3) is 4.56. The largest absolute Gasteiger partial charge is 0.391 e. The molecule has 2 rings (SSSR count). The quantitative estimate of drug-likeness (QED) is 0.903. The summed E-state index contributed by atoms with van der Waals surface area (Å²) in [6.07, 6.45) is -3.62. The van der Waals surface area contributed by atoms with Gasteiger partial charge in [-0.25, -0.2) is 0 Å². The van der Waals surface area contributed by atoms with Crippen molar-refractivity contribution in [3.05, 3.63) is 29.3 Å². The number of rotatable bonds is 4. The number of nitrogens with one attached hydrogen (secondary N) is 1. The molecular formula is C14H18ClF3N2. The number of hydrogen-bond acceptors (Lipinski definition) is 2. The predicted octanol–water partition coefficient (Wildman–Crippen LogP) is 4.03. The third-order valence-corrected chi connectivity index (χ3v) is 3.87. The summed E-state index contributed by atoms with van der Waals surface area (Å²) in [5.41, 5.74) is 0.933. The molecule has 0 amide bonds. The fraction of sp³-hybridized carbons (Fsp3) is 0.571. The van der Waals surface area contributed by atoms with Crippen LogP contribution in [-0.4, -0.2) is 37.3 Å². The van der Waals surface area contributed by atoms with Gasteiger partial charge in [-0.2, -0.15) is 13.2 Å². The van der Waals surface area contributed by atoms with Gasteiger partial charge in [-0.05, 0) is 44.1 Å². The van der Waals surface area contributed by atoms with E-state index in [1.54, 1.807) is 6.07 Å². The van der Waals surface area contributed by atoms with Gasteiger partial charge in [0.05, 0.1) is 5.92 Å². The molecule has 0 spiro atoms. The molecule has 6 heteroatoms. The Morgan fingerprint density at radius 1 is 1.25 bits per heavy atom. The molecular weight excluding hydrogens is 289 g/mol. The van der Waals surface area contributed by atoms with Gasteiger partial charge in [0.1, 0.15) is 0 Å². The average Bonchev–Trinajstić information content (AvgIpc) is 2.38. The van der Waals surface area contributed by atoms with E-state index in [0.717, 1.165) is 12.2 Å². The Labute approximate surface area is 121 Å². The number of piperidine rings is 1. The summed E-state index contributed by atoms with van der Waals surface area (Å²) in [5, 5.41) is 3.89. The molecule has 0 unspecified atom stereocenters. The van der Waals surface area contributed by atoms with Gasteiger partial charge in [-0.3, -0.25) is 0 Å². The van der Waals surface area contributed by atoms with Crippen LogP contribution in [0.1, 0.15) is 12.8 Å². The molecule has 0 radical (unpaired) electrons. The number of likely N-dealkylation sites (tertiary alicyclic amines) is 1. The van der Waals surface area contributed by atoms with Crippen LogP contribution in [-0.2, 0) is 0 Å². The summed E-state index contributed by atoms with van der Waals surface area (Å²) in [7, 11) is 0. The molecule has 1 N–H and O–H groups in total. The Balaban J connectivity index is 1.69. The van der Waals surface area contributed by atoms with Crippen LogP contribution in [0.4, 0.5) is 18.9 Å². The van der Waals surface area contributed by atoms with Crippen molar-refractivity contribution in [2.24, 2.45) is 5.92 Å². The number of halogens is 4. The summed E-state index contributed by atoms with van der Waals surface area (Å²) in [5.74, 6) is -1.13. The lowest BCUT2D eigenvalue weighted by molar-refractivity contribution is -0.184. The van der Waals surface area contributed by atoms with Crippen molar-refractivity contribution in [2.45, 2.75) is 19.0 Å². The van der Waals surface area contributed by atoms with E-state index in [-0.39, 0.29) is 12.8 Å². The summed E-state index contributed by atoms with van der Waals surface area (Å²) < 4.78 is 37.6. The van der Waals surface area contributed by atoms with Crippen molar-refractivity contribution in [3.8, 4) is 0 Å². The van der Waals surface area contributed by atoms with Crippen LogP contribution >= 0.6 is 11.6 Å². The van der Waals surface area contributed by atoms with Gasteiger partial charge in [0.15, 0.2) is 0 Å². The minimum Gasteiger partial charge on any atom is -0.384 e. The first-order valence-electron chi connectivity index (χ1n) is 6.73. The highest BCUT2D eigenvalue weighted by Gasteiger charge is 2.40. The monoisotopic (exact) mass is 306 g/mol. The van der Waals surface area contributed by atoms with Crippen molar-refractivity contribution in [2.75, 3.05) is 31.5 Å². The normalized spacial score (nSPS) is 18.2. The SMILES string of the molecule is FC(F)(F)C1CCN(CCNc2cccc(Cl)c2)CC1. The van der Waals surface area contributed by atoms with E-state index in [9.17, 15) is 13.2 Å². The topological polar surface area (TPSA) is 15.3 Å². The van der Waals surface area contributed by atoms with E-state index in [2.05, 4.69) is 10.2 Å². The molecule has 0 aliphatic carbocycles. The zero-order chi connectivity index (χ0) is 14.6. The highest BCUT2D eigenvalue weighted by molar-refractivity contribution is 6.30. The first kappa shape index (κ1) is 15.4. The maximum Gasteiger partial charge on any atom is 0.391 e. The van der Waals surface area contributed by atoms with Crippen LogP contribution in [0.5, 0.6) is 0 Å². The molecule has 0 aromatic heterocycles.